The van der Waals surface area contributed by atoms with Crippen LogP contribution in [0.3, 0.4) is 0 Å². The molecule has 1 unspecified atom stereocenters. The minimum atomic E-state index is -0.483. The number of rotatable bonds is 6. The van der Waals surface area contributed by atoms with Crippen LogP contribution < -0.4 is 0 Å². The number of hydrogen-bond acceptors (Lipinski definition) is 5. The molecular formula is C18H27NO4S. The van der Waals surface area contributed by atoms with E-state index in [1.54, 1.807) is 0 Å². The molecule has 0 spiro atoms. The molecule has 0 aliphatic carbocycles. The maximum absolute atomic E-state index is 12.3. The van der Waals surface area contributed by atoms with E-state index in [0.29, 0.717) is 6.61 Å². The van der Waals surface area contributed by atoms with Gasteiger partial charge in [-0.25, -0.2) is 4.79 Å². The van der Waals surface area contributed by atoms with E-state index in [2.05, 4.69) is 0 Å². The highest BCUT2D eigenvalue weighted by molar-refractivity contribution is 7.12. The van der Waals surface area contributed by atoms with Crippen molar-refractivity contribution in [3.63, 3.8) is 0 Å². The molecule has 0 radical (unpaired) electrons. The van der Waals surface area contributed by atoms with Crippen molar-refractivity contribution in [2.24, 2.45) is 0 Å². The van der Waals surface area contributed by atoms with Crippen molar-refractivity contribution in [2.45, 2.75) is 58.1 Å². The molecule has 5 nitrogen and oxygen atoms in total. The molecule has 134 valence electrons. The SMILES string of the molecule is CC(C)(C)OC(=O)N1CCCCC1CCOCC(=O)c1cccs1. The lowest BCUT2D eigenvalue weighted by Gasteiger charge is -2.36. The topological polar surface area (TPSA) is 55.8 Å². The Hall–Kier alpha value is -1.40. The summed E-state index contributed by atoms with van der Waals surface area (Å²) < 4.78 is 11.0. The van der Waals surface area contributed by atoms with Crippen LogP contribution in [0.15, 0.2) is 17.5 Å². The van der Waals surface area contributed by atoms with Crippen LogP contribution in [0.5, 0.6) is 0 Å². The van der Waals surface area contributed by atoms with E-state index in [-0.39, 0.29) is 24.5 Å². The van der Waals surface area contributed by atoms with Gasteiger partial charge in [0.25, 0.3) is 0 Å². The van der Waals surface area contributed by atoms with Crippen LogP contribution in [0.4, 0.5) is 4.79 Å². The number of likely N-dealkylation sites (tertiary alicyclic amines) is 1. The zero-order chi connectivity index (χ0) is 17.6. The predicted molar refractivity (Wildman–Crippen MR) is 94.7 cm³/mol. The van der Waals surface area contributed by atoms with Gasteiger partial charge in [0.15, 0.2) is 5.78 Å². The number of amides is 1. The molecule has 0 bridgehead atoms. The number of ether oxygens (including phenoxy) is 2. The Morgan fingerprint density at radius 2 is 2.12 bits per heavy atom. The monoisotopic (exact) mass is 353 g/mol. The Bertz CT molecular complexity index is 536. The van der Waals surface area contributed by atoms with Crippen LogP contribution in [0, 0.1) is 0 Å². The van der Waals surface area contributed by atoms with Gasteiger partial charge in [0, 0.05) is 19.2 Å². The molecule has 1 saturated heterocycles. The Balaban J connectivity index is 1.76. The maximum atomic E-state index is 12.3. The summed E-state index contributed by atoms with van der Waals surface area (Å²) in [5, 5.41) is 1.88. The molecular weight excluding hydrogens is 326 g/mol. The third-order valence-corrected chi connectivity index (χ3v) is 4.79. The van der Waals surface area contributed by atoms with Crippen molar-refractivity contribution in [2.75, 3.05) is 19.8 Å². The average molecular weight is 353 g/mol. The second-order valence-electron chi connectivity index (χ2n) is 7.07. The van der Waals surface area contributed by atoms with Gasteiger partial charge in [0.1, 0.15) is 12.2 Å². The summed E-state index contributed by atoms with van der Waals surface area (Å²) >= 11 is 1.43. The van der Waals surface area contributed by atoms with E-state index in [9.17, 15) is 9.59 Å². The van der Waals surface area contributed by atoms with Gasteiger partial charge in [0.05, 0.1) is 4.88 Å². The molecule has 1 atom stereocenters. The fraction of sp³-hybridized carbons (Fsp3) is 0.667. The number of piperidine rings is 1. The minimum Gasteiger partial charge on any atom is -0.444 e. The fourth-order valence-electron chi connectivity index (χ4n) is 2.75. The normalized spacial score (nSPS) is 18.5. The van der Waals surface area contributed by atoms with Gasteiger partial charge >= 0.3 is 6.09 Å². The zero-order valence-corrected chi connectivity index (χ0v) is 15.6. The van der Waals surface area contributed by atoms with Crippen LogP contribution in [0.25, 0.3) is 0 Å². The summed E-state index contributed by atoms with van der Waals surface area (Å²) in [7, 11) is 0. The van der Waals surface area contributed by atoms with Gasteiger partial charge in [-0.1, -0.05) is 6.07 Å². The van der Waals surface area contributed by atoms with Crippen LogP contribution in [0.1, 0.15) is 56.1 Å². The van der Waals surface area contributed by atoms with E-state index in [1.807, 2.05) is 43.2 Å². The number of thiophene rings is 1. The Kier molecular flexibility index (Phi) is 6.80. The minimum absolute atomic E-state index is 0.0117. The lowest BCUT2D eigenvalue weighted by atomic mass is 10.0. The Morgan fingerprint density at radius 3 is 2.79 bits per heavy atom. The summed E-state index contributed by atoms with van der Waals surface area (Å²) in [5.74, 6) is 0.0117. The van der Waals surface area contributed by atoms with Crippen molar-refractivity contribution in [1.82, 2.24) is 4.90 Å². The molecule has 0 N–H and O–H groups in total. The highest BCUT2D eigenvalue weighted by Gasteiger charge is 2.30. The van der Waals surface area contributed by atoms with Crippen LogP contribution in [0.2, 0.25) is 0 Å². The fourth-order valence-corrected chi connectivity index (χ4v) is 3.41. The molecule has 1 fully saturated rings. The first-order chi connectivity index (χ1) is 11.4. The maximum Gasteiger partial charge on any atom is 0.410 e. The number of hydrogen-bond donors (Lipinski definition) is 0. The van der Waals surface area contributed by atoms with E-state index in [4.69, 9.17) is 9.47 Å². The zero-order valence-electron chi connectivity index (χ0n) is 14.7. The molecule has 0 aromatic carbocycles. The van der Waals surface area contributed by atoms with Crippen molar-refractivity contribution in [3.05, 3.63) is 22.4 Å². The number of carbonyl (C=O) groups excluding carboxylic acids is 2. The largest absolute Gasteiger partial charge is 0.444 e. The van der Waals surface area contributed by atoms with Gasteiger partial charge in [-0.05, 0) is 57.9 Å². The summed E-state index contributed by atoms with van der Waals surface area (Å²) in [5.41, 5.74) is -0.483. The molecule has 24 heavy (non-hydrogen) atoms. The summed E-state index contributed by atoms with van der Waals surface area (Å²) in [6, 6.07) is 3.80. The van der Waals surface area contributed by atoms with Crippen LogP contribution in [-0.4, -0.2) is 48.2 Å². The molecule has 2 heterocycles. The molecule has 0 saturated carbocycles. The molecule has 1 aliphatic rings. The highest BCUT2D eigenvalue weighted by Crippen LogP contribution is 2.22. The number of nitrogens with zero attached hydrogens (tertiary/aromatic N) is 1. The first-order valence-corrected chi connectivity index (χ1v) is 9.39. The average Bonchev–Trinajstić information content (AvgIpc) is 3.04. The van der Waals surface area contributed by atoms with Gasteiger partial charge in [0.2, 0.25) is 0 Å². The third kappa shape index (κ3) is 5.91. The number of ketones is 1. The summed E-state index contributed by atoms with van der Waals surface area (Å²) in [6.07, 6.45) is 3.56. The van der Waals surface area contributed by atoms with E-state index >= 15 is 0 Å². The van der Waals surface area contributed by atoms with Crippen LogP contribution in [-0.2, 0) is 9.47 Å². The summed E-state index contributed by atoms with van der Waals surface area (Å²) in [4.78, 5) is 26.8. The molecule has 1 aliphatic heterocycles. The van der Waals surface area contributed by atoms with Crippen molar-refractivity contribution in [3.8, 4) is 0 Å². The van der Waals surface area contributed by atoms with E-state index in [0.717, 1.165) is 37.1 Å². The number of Topliss-reactive ketones (excluding diaryl/α,β-unsaturated/α-hetero) is 1. The van der Waals surface area contributed by atoms with Gasteiger partial charge in [-0.15, -0.1) is 11.3 Å². The lowest BCUT2D eigenvalue weighted by molar-refractivity contribution is 0.00458. The molecule has 6 heteroatoms. The van der Waals surface area contributed by atoms with Crippen LogP contribution >= 0.6 is 11.3 Å². The quantitative estimate of drug-likeness (QED) is 0.570. The molecule has 1 amide bonds. The molecule has 1 aromatic rings. The van der Waals surface area contributed by atoms with Gasteiger partial charge in [-0.3, -0.25) is 4.79 Å². The molecule has 2 rings (SSSR count). The first-order valence-electron chi connectivity index (χ1n) is 8.51. The second-order valence-corrected chi connectivity index (χ2v) is 8.01. The predicted octanol–water partition coefficient (Wildman–Crippen LogP) is 4.13. The van der Waals surface area contributed by atoms with Crippen molar-refractivity contribution in [1.29, 1.82) is 0 Å². The smallest absolute Gasteiger partial charge is 0.410 e. The standard InChI is InChI=1S/C18H27NO4S/c1-18(2,3)23-17(21)19-10-5-4-7-14(19)9-11-22-13-15(20)16-8-6-12-24-16/h6,8,12,14H,4-5,7,9-11,13H2,1-3H3. The van der Waals surface area contributed by atoms with E-state index in [1.165, 1.54) is 11.3 Å². The van der Waals surface area contributed by atoms with Crippen molar-refractivity contribution >= 4 is 23.2 Å². The highest BCUT2D eigenvalue weighted by atomic mass is 32.1. The molecule has 1 aromatic heterocycles. The number of carbonyl (C=O) groups is 2. The Morgan fingerprint density at radius 1 is 1.33 bits per heavy atom. The first kappa shape index (κ1) is 18.9. The third-order valence-electron chi connectivity index (χ3n) is 3.88. The van der Waals surface area contributed by atoms with E-state index < -0.39 is 5.60 Å². The summed E-state index contributed by atoms with van der Waals surface area (Å²) in [6.45, 7) is 6.93. The Labute approximate surface area is 147 Å². The van der Waals surface area contributed by atoms with Gasteiger partial charge in [-0.2, -0.15) is 0 Å². The van der Waals surface area contributed by atoms with Crippen molar-refractivity contribution < 1.29 is 19.1 Å². The second kappa shape index (κ2) is 8.62. The lowest BCUT2D eigenvalue weighted by Crippen LogP contribution is -2.46. The van der Waals surface area contributed by atoms with Gasteiger partial charge < -0.3 is 14.4 Å².